The van der Waals surface area contributed by atoms with Crippen LogP contribution < -0.4 is 0 Å². The van der Waals surface area contributed by atoms with Crippen LogP contribution in [0.1, 0.15) is 92.9 Å². The summed E-state index contributed by atoms with van der Waals surface area (Å²) in [6.45, 7) is 20.6. The van der Waals surface area contributed by atoms with Crippen LogP contribution in [0.3, 0.4) is 0 Å². The molecule has 0 aliphatic heterocycles. The first kappa shape index (κ1) is 27.3. The first-order valence-corrected chi connectivity index (χ1v) is 13.7. The van der Waals surface area contributed by atoms with E-state index in [1.807, 2.05) is 6.92 Å². The van der Waals surface area contributed by atoms with Crippen molar-refractivity contribution in [3.05, 3.63) is 35.5 Å². The maximum absolute atomic E-state index is 14.0. The van der Waals surface area contributed by atoms with Gasteiger partial charge in [-0.1, -0.05) is 64.5 Å². The fourth-order valence-corrected chi connectivity index (χ4v) is 9.18. The average molecular weight is 499 g/mol. The van der Waals surface area contributed by atoms with Crippen LogP contribution in [0.25, 0.3) is 0 Å². The fraction of sp³-hybridized carbons (Fsp3) is 0.742. The smallest absolute Gasteiger partial charge is 0.306 e. The average Bonchev–Trinajstić information content (AvgIpc) is 2.98. The van der Waals surface area contributed by atoms with E-state index in [9.17, 15) is 24.9 Å². The van der Waals surface area contributed by atoms with Crippen LogP contribution in [-0.4, -0.2) is 39.3 Å². The lowest BCUT2D eigenvalue weighted by Crippen LogP contribution is -2.57. The Morgan fingerprint density at radius 2 is 1.75 bits per heavy atom. The third kappa shape index (κ3) is 3.63. The minimum atomic E-state index is -0.885. The zero-order chi connectivity index (χ0) is 27.0. The molecule has 36 heavy (non-hydrogen) atoms. The molecule has 2 fully saturated rings. The molecule has 5 heteroatoms. The maximum atomic E-state index is 14.0. The molecule has 0 aromatic rings. The molecule has 0 aromatic heterocycles. The van der Waals surface area contributed by atoms with Gasteiger partial charge in [-0.05, 0) is 74.0 Å². The van der Waals surface area contributed by atoms with Crippen molar-refractivity contribution in [2.45, 2.75) is 105 Å². The first-order valence-electron chi connectivity index (χ1n) is 13.7. The number of fused-ring (bicyclic) bond motifs is 4. The van der Waals surface area contributed by atoms with E-state index in [0.717, 1.165) is 42.4 Å². The van der Waals surface area contributed by atoms with Crippen molar-refractivity contribution in [1.82, 2.24) is 0 Å². The fourth-order valence-electron chi connectivity index (χ4n) is 9.18. The topological polar surface area (TPSA) is 94.8 Å². The second-order valence-corrected chi connectivity index (χ2v) is 13.7. The van der Waals surface area contributed by atoms with Crippen molar-refractivity contribution in [3.63, 3.8) is 0 Å². The highest BCUT2D eigenvalue weighted by molar-refractivity contribution is 5.99. The van der Waals surface area contributed by atoms with Gasteiger partial charge in [0, 0.05) is 23.3 Å². The van der Waals surface area contributed by atoms with Crippen LogP contribution in [0.15, 0.2) is 35.5 Å². The number of carboxylic acids is 1. The van der Waals surface area contributed by atoms with Crippen LogP contribution in [0.2, 0.25) is 0 Å². The van der Waals surface area contributed by atoms with Crippen molar-refractivity contribution < 1.29 is 24.9 Å². The van der Waals surface area contributed by atoms with Gasteiger partial charge in [0.15, 0.2) is 5.78 Å². The van der Waals surface area contributed by atoms with Crippen LogP contribution in [-0.2, 0) is 9.59 Å². The second kappa shape index (κ2) is 8.66. The van der Waals surface area contributed by atoms with Gasteiger partial charge < -0.3 is 15.3 Å². The number of hydrogen-bond acceptors (Lipinski definition) is 4. The summed E-state index contributed by atoms with van der Waals surface area (Å²) >= 11 is 0. The van der Waals surface area contributed by atoms with Crippen molar-refractivity contribution in [2.24, 2.45) is 39.4 Å². The molecule has 4 aliphatic rings. The van der Waals surface area contributed by atoms with Crippen molar-refractivity contribution in [2.75, 3.05) is 0 Å². The molecular weight excluding hydrogens is 452 g/mol. The highest BCUT2D eigenvalue weighted by Gasteiger charge is 2.68. The Hall–Kier alpha value is -1.72. The first-order chi connectivity index (χ1) is 16.5. The summed E-state index contributed by atoms with van der Waals surface area (Å²) < 4.78 is 0. The van der Waals surface area contributed by atoms with Gasteiger partial charge in [-0.15, -0.1) is 0 Å². The molecule has 0 bridgehead atoms. The number of allylic oxidation sites excluding steroid dienone is 4. The Labute approximate surface area is 216 Å². The zero-order valence-electron chi connectivity index (χ0n) is 23.1. The van der Waals surface area contributed by atoms with E-state index >= 15 is 0 Å². The minimum absolute atomic E-state index is 0.0787. The van der Waals surface area contributed by atoms with Gasteiger partial charge in [-0.3, -0.25) is 9.59 Å². The van der Waals surface area contributed by atoms with E-state index in [2.05, 4.69) is 47.8 Å². The van der Waals surface area contributed by atoms with Crippen LogP contribution >= 0.6 is 0 Å². The number of ketones is 1. The van der Waals surface area contributed by atoms with E-state index < -0.39 is 40.8 Å². The quantitative estimate of drug-likeness (QED) is 0.399. The number of carboxylic acid groups (broad SMARTS) is 1. The van der Waals surface area contributed by atoms with Gasteiger partial charge in [0.05, 0.1) is 18.1 Å². The van der Waals surface area contributed by atoms with Crippen LogP contribution in [0.5, 0.6) is 0 Å². The molecule has 0 unspecified atom stereocenters. The van der Waals surface area contributed by atoms with Gasteiger partial charge in [-0.25, -0.2) is 0 Å². The predicted molar refractivity (Wildman–Crippen MR) is 141 cm³/mol. The Morgan fingerprint density at radius 1 is 1.11 bits per heavy atom. The van der Waals surface area contributed by atoms with Gasteiger partial charge in [-0.2, -0.15) is 0 Å². The minimum Gasteiger partial charge on any atom is -0.481 e. The monoisotopic (exact) mass is 498 g/mol. The zero-order valence-corrected chi connectivity index (χ0v) is 23.1. The molecule has 0 radical (unpaired) electrons. The molecule has 0 amide bonds. The molecule has 5 nitrogen and oxygen atoms in total. The molecule has 0 heterocycles. The van der Waals surface area contributed by atoms with E-state index in [-0.39, 0.29) is 22.5 Å². The van der Waals surface area contributed by atoms with Gasteiger partial charge in [0.1, 0.15) is 0 Å². The lowest BCUT2D eigenvalue weighted by Gasteiger charge is -2.61. The number of Topliss-reactive ketones (excluding diaryl/α,β-unsaturated/α-hetero) is 1. The Kier molecular flexibility index (Phi) is 6.57. The number of carbonyl (C=O) groups excluding carboxylic acids is 1. The molecule has 0 aromatic carbocycles. The molecule has 3 N–H and O–H groups in total. The largest absolute Gasteiger partial charge is 0.481 e. The molecule has 4 aliphatic carbocycles. The highest BCUT2D eigenvalue weighted by Crippen LogP contribution is 2.72. The Morgan fingerprint density at radius 3 is 2.33 bits per heavy atom. The lowest BCUT2D eigenvalue weighted by molar-refractivity contribution is -0.149. The van der Waals surface area contributed by atoms with E-state index in [1.165, 1.54) is 5.57 Å². The molecular formula is C31H46O5. The van der Waals surface area contributed by atoms with E-state index in [4.69, 9.17) is 0 Å². The Balaban J connectivity index is 1.77. The Bertz CT molecular complexity index is 1040. The van der Waals surface area contributed by atoms with Crippen molar-refractivity contribution in [3.8, 4) is 0 Å². The van der Waals surface area contributed by atoms with Crippen molar-refractivity contribution in [1.29, 1.82) is 0 Å². The van der Waals surface area contributed by atoms with Crippen LogP contribution in [0, 0.1) is 39.4 Å². The summed E-state index contributed by atoms with van der Waals surface area (Å²) in [4.78, 5) is 26.5. The van der Waals surface area contributed by atoms with E-state index in [1.54, 1.807) is 0 Å². The summed E-state index contributed by atoms with van der Waals surface area (Å²) in [5, 5.41) is 32.5. The number of aliphatic hydroxyl groups is 2. The van der Waals surface area contributed by atoms with Crippen LogP contribution in [0.4, 0.5) is 0 Å². The summed E-state index contributed by atoms with van der Waals surface area (Å²) in [6, 6.07) is 0. The summed E-state index contributed by atoms with van der Waals surface area (Å²) in [5.74, 6) is -1.82. The third-order valence-electron chi connectivity index (χ3n) is 11.7. The second-order valence-electron chi connectivity index (χ2n) is 13.7. The maximum Gasteiger partial charge on any atom is 0.306 e. The predicted octanol–water partition coefficient (Wildman–Crippen LogP) is 5.86. The van der Waals surface area contributed by atoms with Gasteiger partial charge >= 0.3 is 5.97 Å². The van der Waals surface area contributed by atoms with Gasteiger partial charge in [0.2, 0.25) is 0 Å². The number of rotatable bonds is 6. The number of aliphatic carboxylic acids is 1. The summed E-state index contributed by atoms with van der Waals surface area (Å²) in [5.41, 5.74) is 2.21. The molecule has 0 saturated heterocycles. The third-order valence-corrected chi connectivity index (χ3v) is 11.7. The summed E-state index contributed by atoms with van der Waals surface area (Å²) in [7, 11) is 0. The normalized spacial score (nSPS) is 42.3. The molecule has 4 rings (SSSR count). The standard InChI is InChI=1S/C31H46O5/c1-17(2)18(3)9-10-19(27(35)36)25-22(33)16-31(8)26-20(11-14-30(25,31)7)29(6)13-12-24(34)28(4,5)23(29)15-21(26)32/h19,22-25,33-34H,1,3,9-16H2,2,4-8H3,(H,35,36)/t19-,22-,23+,24-,25+,29-,30-,31+/m1/s1. The number of aliphatic hydroxyl groups excluding tert-OH is 2. The molecule has 2 saturated carbocycles. The SMILES string of the molecule is C=C(C)C(=C)CC[C@@H](C(=O)O)[C@H]1[C@H](O)C[C@@]2(C)C3=C(CC[C@]12C)[C@@]1(C)CC[C@@H](O)C(C)(C)[C@@H]1CC3=O. The number of carbonyl (C=O) groups is 2. The van der Waals surface area contributed by atoms with E-state index in [0.29, 0.717) is 25.7 Å². The lowest BCUT2D eigenvalue weighted by atomic mass is 9.43. The van der Waals surface area contributed by atoms with Gasteiger partial charge in [0.25, 0.3) is 0 Å². The molecule has 8 atom stereocenters. The highest BCUT2D eigenvalue weighted by atomic mass is 16.4. The van der Waals surface area contributed by atoms with Crippen molar-refractivity contribution >= 4 is 11.8 Å². The summed E-state index contributed by atoms with van der Waals surface area (Å²) in [6.07, 6.45) is 3.64. The molecule has 200 valence electrons. The molecule has 0 spiro atoms. The number of hydrogen-bond donors (Lipinski definition) is 3.